The van der Waals surface area contributed by atoms with Crippen molar-refractivity contribution >= 4 is 17.3 Å². The molecule has 0 saturated carbocycles. The standard InChI is InChI=1S/C21H27N5O/c1-3-25(11-12-27)19-9-8-17(16(2)13-19)14-18(15-22)21-24-23-20-7-5-4-6-10-26(20)21/h8-9,13-14,27H,3-7,10-12H2,1-2H3/b18-14+. The second kappa shape index (κ2) is 8.83. The van der Waals surface area contributed by atoms with Crippen molar-refractivity contribution in [2.24, 2.45) is 0 Å². The molecule has 0 aliphatic carbocycles. The number of nitriles is 1. The maximum absolute atomic E-state index is 9.74. The minimum Gasteiger partial charge on any atom is -0.395 e. The van der Waals surface area contributed by atoms with Crippen molar-refractivity contribution in [3.05, 3.63) is 41.0 Å². The van der Waals surface area contributed by atoms with Gasteiger partial charge in [-0.15, -0.1) is 10.2 Å². The average Bonchev–Trinajstić information content (AvgIpc) is 2.93. The van der Waals surface area contributed by atoms with Gasteiger partial charge < -0.3 is 14.6 Å². The second-order valence-corrected chi connectivity index (χ2v) is 6.92. The van der Waals surface area contributed by atoms with Crippen molar-refractivity contribution < 1.29 is 5.11 Å². The van der Waals surface area contributed by atoms with Gasteiger partial charge in [0.15, 0.2) is 5.82 Å². The van der Waals surface area contributed by atoms with Crippen LogP contribution in [0.15, 0.2) is 18.2 Å². The molecule has 142 valence electrons. The Kier molecular flexibility index (Phi) is 6.25. The monoisotopic (exact) mass is 365 g/mol. The molecule has 0 amide bonds. The van der Waals surface area contributed by atoms with Gasteiger partial charge in [0.05, 0.1) is 12.2 Å². The third kappa shape index (κ3) is 4.20. The summed E-state index contributed by atoms with van der Waals surface area (Å²) in [4.78, 5) is 2.13. The number of benzene rings is 1. The summed E-state index contributed by atoms with van der Waals surface area (Å²) in [7, 11) is 0. The molecule has 1 aliphatic heterocycles. The zero-order chi connectivity index (χ0) is 19.2. The molecule has 0 bridgehead atoms. The summed E-state index contributed by atoms with van der Waals surface area (Å²) >= 11 is 0. The largest absolute Gasteiger partial charge is 0.395 e. The summed E-state index contributed by atoms with van der Waals surface area (Å²) in [6.07, 6.45) is 6.26. The smallest absolute Gasteiger partial charge is 0.174 e. The van der Waals surface area contributed by atoms with Crippen LogP contribution in [0, 0.1) is 18.3 Å². The van der Waals surface area contributed by atoms with Gasteiger partial charge in [-0.3, -0.25) is 0 Å². The molecule has 3 rings (SSSR count). The number of anilines is 1. The van der Waals surface area contributed by atoms with Gasteiger partial charge in [0.25, 0.3) is 0 Å². The normalized spacial score (nSPS) is 14.4. The van der Waals surface area contributed by atoms with E-state index in [1.807, 2.05) is 25.1 Å². The van der Waals surface area contributed by atoms with Crippen LogP contribution in [-0.2, 0) is 13.0 Å². The van der Waals surface area contributed by atoms with Crippen molar-refractivity contribution in [3.63, 3.8) is 0 Å². The summed E-state index contributed by atoms with van der Waals surface area (Å²) in [5.74, 6) is 1.66. The lowest BCUT2D eigenvalue weighted by Gasteiger charge is -2.22. The van der Waals surface area contributed by atoms with Crippen LogP contribution in [0.2, 0.25) is 0 Å². The summed E-state index contributed by atoms with van der Waals surface area (Å²) in [6.45, 7) is 6.57. The fourth-order valence-corrected chi connectivity index (χ4v) is 3.60. The van der Waals surface area contributed by atoms with Gasteiger partial charge in [0.2, 0.25) is 0 Å². The Morgan fingerprint density at radius 2 is 2.19 bits per heavy atom. The number of likely N-dealkylation sites (N-methyl/N-ethyl adjacent to an activating group) is 1. The SMILES string of the molecule is CCN(CCO)c1ccc(/C=C(\C#N)c2nnc3n2CCCCC3)c(C)c1. The molecule has 1 aromatic carbocycles. The first-order chi connectivity index (χ1) is 13.2. The zero-order valence-corrected chi connectivity index (χ0v) is 16.1. The molecule has 2 heterocycles. The van der Waals surface area contributed by atoms with E-state index in [2.05, 4.69) is 38.7 Å². The number of aliphatic hydroxyl groups excluding tert-OH is 1. The minimum absolute atomic E-state index is 0.130. The van der Waals surface area contributed by atoms with Crippen LogP contribution >= 0.6 is 0 Å². The first-order valence-electron chi connectivity index (χ1n) is 9.68. The lowest BCUT2D eigenvalue weighted by Crippen LogP contribution is -2.26. The predicted octanol–water partition coefficient (Wildman–Crippen LogP) is 3.20. The molecule has 0 saturated heterocycles. The van der Waals surface area contributed by atoms with E-state index in [1.165, 1.54) is 6.42 Å². The molecule has 1 aliphatic rings. The van der Waals surface area contributed by atoms with Crippen molar-refractivity contribution in [2.75, 3.05) is 24.6 Å². The van der Waals surface area contributed by atoms with Gasteiger partial charge in [-0.1, -0.05) is 12.5 Å². The summed E-state index contributed by atoms with van der Waals surface area (Å²) < 4.78 is 2.10. The quantitative estimate of drug-likeness (QED) is 0.796. The lowest BCUT2D eigenvalue weighted by molar-refractivity contribution is 0.302. The Bertz CT molecular complexity index is 862. The molecular formula is C21H27N5O. The molecule has 6 nitrogen and oxygen atoms in total. The zero-order valence-electron chi connectivity index (χ0n) is 16.1. The van der Waals surface area contributed by atoms with Crippen molar-refractivity contribution in [1.29, 1.82) is 5.26 Å². The number of fused-ring (bicyclic) bond motifs is 1. The van der Waals surface area contributed by atoms with Gasteiger partial charge in [0.1, 0.15) is 11.9 Å². The van der Waals surface area contributed by atoms with E-state index in [1.54, 1.807) is 0 Å². The highest BCUT2D eigenvalue weighted by molar-refractivity contribution is 5.88. The molecule has 27 heavy (non-hydrogen) atoms. The summed E-state index contributed by atoms with van der Waals surface area (Å²) in [5.41, 5.74) is 3.72. The Hall–Kier alpha value is -2.65. The molecule has 0 radical (unpaired) electrons. The fourth-order valence-electron chi connectivity index (χ4n) is 3.60. The maximum Gasteiger partial charge on any atom is 0.174 e. The number of nitrogens with zero attached hydrogens (tertiary/aromatic N) is 5. The number of aryl methyl sites for hydroxylation is 2. The lowest BCUT2D eigenvalue weighted by atomic mass is 10.0. The van der Waals surface area contributed by atoms with Crippen LogP contribution in [0.5, 0.6) is 0 Å². The van der Waals surface area contributed by atoms with Gasteiger partial charge in [0, 0.05) is 31.7 Å². The molecule has 1 N–H and O–H groups in total. The Balaban J connectivity index is 1.93. The van der Waals surface area contributed by atoms with Gasteiger partial charge >= 0.3 is 0 Å². The first kappa shape index (κ1) is 19.1. The number of hydrogen-bond donors (Lipinski definition) is 1. The third-order valence-electron chi connectivity index (χ3n) is 5.14. The molecule has 0 unspecified atom stereocenters. The van der Waals surface area contributed by atoms with Gasteiger partial charge in [-0.25, -0.2) is 0 Å². The maximum atomic E-state index is 9.74. The average molecular weight is 365 g/mol. The van der Waals surface area contributed by atoms with E-state index < -0.39 is 0 Å². The van der Waals surface area contributed by atoms with Crippen LogP contribution in [0.3, 0.4) is 0 Å². The fraction of sp³-hybridized carbons (Fsp3) is 0.476. The first-order valence-corrected chi connectivity index (χ1v) is 9.68. The number of hydrogen-bond acceptors (Lipinski definition) is 5. The van der Waals surface area contributed by atoms with E-state index in [0.29, 0.717) is 17.9 Å². The second-order valence-electron chi connectivity index (χ2n) is 6.92. The van der Waals surface area contributed by atoms with Crippen molar-refractivity contribution in [2.45, 2.75) is 46.1 Å². The van der Waals surface area contributed by atoms with Crippen LogP contribution in [0.25, 0.3) is 11.6 Å². The molecule has 1 aromatic heterocycles. The molecular weight excluding hydrogens is 338 g/mol. The minimum atomic E-state index is 0.130. The summed E-state index contributed by atoms with van der Waals surface area (Å²) in [6, 6.07) is 8.48. The number of allylic oxidation sites excluding steroid dienone is 1. The van der Waals surface area contributed by atoms with Crippen LogP contribution in [0.4, 0.5) is 5.69 Å². The van der Waals surface area contributed by atoms with Crippen molar-refractivity contribution in [1.82, 2.24) is 14.8 Å². The van der Waals surface area contributed by atoms with E-state index in [0.717, 1.165) is 55.0 Å². The molecule has 0 fully saturated rings. The molecule has 6 heteroatoms. The number of aliphatic hydroxyl groups is 1. The Morgan fingerprint density at radius 1 is 1.33 bits per heavy atom. The van der Waals surface area contributed by atoms with E-state index in [4.69, 9.17) is 0 Å². The van der Waals surface area contributed by atoms with E-state index >= 15 is 0 Å². The van der Waals surface area contributed by atoms with E-state index in [9.17, 15) is 10.4 Å². The number of aromatic nitrogens is 3. The van der Waals surface area contributed by atoms with Crippen molar-refractivity contribution in [3.8, 4) is 6.07 Å². The van der Waals surface area contributed by atoms with Crippen LogP contribution < -0.4 is 4.90 Å². The molecule has 2 aromatic rings. The molecule has 0 spiro atoms. The predicted molar refractivity (Wildman–Crippen MR) is 107 cm³/mol. The summed E-state index contributed by atoms with van der Waals surface area (Å²) in [5, 5.41) is 27.6. The van der Waals surface area contributed by atoms with E-state index in [-0.39, 0.29) is 6.61 Å². The topological polar surface area (TPSA) is 78.0 Å². The molecule has 0 atom stereocenters. The van der Waals surface area contributed by atoms with Gasteiger partial charge in [-0.05, 0) is 56.0 Å². The van der Waals surface area contributed by atoms with Gasteiger partial charge in [-0.2, -0.15) is 5.26 Å². The number of rotatable bonds is 6. The van der Waals surface area contributed by atoms with Crippen LogP contribution in [0.1, 0.15) is 49.0 Å². The Morgan fingerprint density at radius 3 is 2.89 bits per heavy atom. The highest BCUT2D eigenvalue weighted by Gasteiger charge is 2.18. The third-order valence-corrected chi connectivity index (χ3v) is 5.14. The Labute approximate surface area is 160 Å². The van der Waals surface area contributed by atoms with Crippen LogP contribution in [-0.4, -0.2) is 39.6 Å². The highest BCUT2D eigenvalue weighted by Crippen LogP contribution is 2.25. The highest BCUT2D eigenvalue weighted by atomic mass is 16.3.